The molecule has 16 heavy (non-hydrogen) atoms. The third-order valence-corrected chi connectivity index (χ3v) is 3.40. The SMILES string of the molecule is CCCC(Cl)CCCc1c(F)cccc1Cl. The van der Waals surface area contributed by atoms with E-state index in [1.165, 1.54) is 6.07 Å². The molecular weight excluding hydrogens is 246 g/mol. The van der Waals surface area contributed by atoms with Crippen LogP contribution in [-0.4, -0.2) is 5.38 Å². The van der Waals surface area contributed by atoms with Crippen LogP contribution >= 0.6 is 23.2 Å². The maximum Gasteiger partial charge on any atom is 0.127 e. The first-order valence-corrected chi connectivity index (χ1v) is 6.53. The van der Waals surface area contributed by atoms with Crippen molar-refractivity contribution in [3.05, 3.63) is 34.6 Å². The van der Waals surface area contributed by atoms with E-state index in [1.54, 1.807) is 12.1 Å². The van der Waals surface area contributed by atoms with Crippen molar-refractivity contribution in [2.75, 3.05) is 0 Å². The van der Waals surface area contributed by atoms with Crippen LogP contribution in [0.1, 0.15) is 38.2 Å². The first-order valence-electron chi connectivity index (χ1n) is 5.72. The minimum absolute atomic E-state index is 0.204. The van der Waals surface area contributed by atoms with Gasteiger partial charge in [-0.15, -0.1) is 11.6 Å². The number of hydrogen-bond donors (Lipinski definition) is 0. The van der Waals surface area contributed by atoms with Crippen molar-refractivity contribution < 1.29 is 4.39 Å². The molecule has 0 aliphatic heterocycles. The van der Waals surface area contributed by atoms with Gasteiger partial charge >= 0.3 is 0 Å². The molecule has 0 spiro atoms. The first kappa shape index (κ1) is 13.8. The molecule has 1 unspecified atom stereocenters. The summed E-state index contributed by atoms with van der Waals surface area (Å²) < 4.78 is 13.4. The van der Waals surface area contributed by atoms with Crippen LogP contribution < -0.4 is 0 Å². The second kappa shape index (κ2) is 7.13. The highest BCUT2D eigenvalue weighted by molar-refractivity contribution is 6.31. The molecule has 3 heteroatoms. The normalized spacial score (nSPS) is 12.8. The van der Waals surface area contributed by atoms with Crippen molar-refractivity contribution in [1.29, 1.82) is 0 Å². The largest absolute Gasteiger partial charge is 0.207 e. The van der Waals surface area contributed by atoms with E-state index < -0.39 is 0 Å². The zero-order valence-electron chi connectivity index (χ0n) is 9.48. The fourth-order valence-electron chi connectivity index (χ4n) is 1.73. The monoisotopic (exact) mass is 262 g/mol. The van der Waals surface area contributed by atoms with E-state index in [0.29, 0.717) is 17.0 Å². The second-order valence-corrected chi connectivity index (χ2v) is 5.00. The van der Waals surface area contributed by atoms with Gasteiger partial charge in [0.1, 0.15) is 5.82 Å². The standard InChI is InChI=1S/C13H17Cl2F/c1-2-5-10(14)6-3-7-11-12(15)8-4-9-13(11)16/h4,8-10H,2-3,5-7H2,1H3. The Bertz CT molecular complexity index is 305. The molecule has 0 nitrogen and oxygen atoms in total. The summed E-state index contributed by atoms with van der Waals surface area (Å²) in [6.45, 7) is 2.11. The highest BCUT2D eigenvalue weighted by Crippen LogP contribution is 2.22. The number of rotatable bonds is 6. The van der Waals surface area contributed by atoms with Gasteiger partial charge in [-0.05, 0) is 37.8 Å². The van der Waals surface area contributed by atoms with Crippen molar-refractivity contribution in [1.82, 2.24) is 0 Å². The molecule has 0 heterocycles. The number of alkyl halides is 1. The number of benzene rings is 1. The summed E-state index contributed by atoms with van der Waals surface area (Å²) >= 11 is 12.0. The van der Waals surface area contributed by atoms with Crippen molar-refractivity contribution in [2.24, 2.45) is 0 Å². The molecule has 0 fully saturated rings. The van der Waals surface area contributed by atoms with Gasteiger partial charge in [0.15, 0.2) is 0 Å². The zero-order valence-corrected chi connectivity index (χ0v) is 11.0. The van der Waals surface area contributed by atoms with E-state index in [-0.39, 0.29) is 11.2 Å². The van der Waals surface area contributed by atoms with Crippen molar-refractivity contribution in [2.45, 2.75) is 44.4 Å². The van der Waals surface area contributed by atoms with Crippen LogP contribution in [-0.2, 0) is 6.42 Å². The van der Waals surface area contributed by atoms with Crippen LogP contribution in [0.3, 0.4) is 0 Å². The summed E-state index contributed by atoms with van der Waals surface area (Å²) in [5.74, 6) is -0.214. The lowest BCUT2D eigenvalue weighted by molar-refractivity contribution is 0.590. The Morgan fingerprint density at radius 3 is 2.69 bits per heavy atom. The van der Waals surface area contributed by atoms with Crippen LogP contribution in [0.5, 0.6) is 0 Å². The summed E-state index contributed by atoms with van der Waals surface area (Å²) in [5.41, 5.74) is 0.615. The van der Waals surface area contributed by atoms with E-state index >= 15 is 0 Å². The van der Waals surface area contributed by atoms with Gasteiger partial charge in [0, 0.05) is 16.0 Å². The summed E-state index contributed by atoms with van der Waals surface area (Å²) in [4.78, 5) is 0. The highest BCUT2D eigenvalue weighted by Gasteiger charge is 2.08. The van der Waals surface area contributed by atoms with Gasteiger partial charge in [-0.2, -0.15) is 0 Å². The van der Waals surface area contributed by atoms with Gasteiger partial charge in [0.25, 0.3) is 0 Å². The van der Waals surface area contributed by atoms with E-state index in [0.717, 1.165) is 25.7 Å². The molecule has 0 saturated carbocycles. The fraction of sp³-hybridized carbons (Fsp3) is 0.538. The topological polar surface area (TPSA) is 0 Å². The molecule has 0 bridgehead atoms. The molecular formula is C13H17Cl2F. The molecule has 0 aromatic heterocycles. The Labute approximate surface area is 107 Å². The molecule has 0 aliphatic rings. The molecule has 0 saturated heterocycles. The van der Waals surface area contributed by atoms with Gasteiger partial charge in [-0.25, -0.2) is 4.39 Å². The lowest BCUT2D eigenvalue weighted by Gasteiger charge is -2.09. The van der Waals surface area contributed by atoms with Crippen molar-refractivity contribution >= 4 is 23.2 Å². The van der Waals surface area contributed by atoms with Crippen molar-refractivity contribution in [3.8, 4) is 0 Å². The lowest BCUT2D eigenvalue weighted by Crippen LogP contribution is -2.00. The molecule has 90 valence electrons. The number of hydrogen-bond acceptors (Lipinski definition) is 0. The van der Waals surface area contributed by atoms with E-state index in [2.05, 4.69) is 6.92 Å². The predicted octanol–water partition coefficient (Wildman–Crippen LogP) is 5.21. The molecule has 1 aromatic rings. The second-order valence-electron chi connectivity index (χ2n) is 3.98. The zero-order chi connectivity index (χ0) is 12.0. The third kappa shape index (κ3) is 4.31. The van der Waals surface area contributed by atoms with Crippen molar-refractivity contribution in [3.63, 3.8) is 0 Å². The molecule has 1 atom stereocenters. The molecule has 0 radical (unpaired) electrons. The van der Waals surface area contributed by atoms with E-state index in [1.807, 2.05) is 0 Å². The average molecular weight is 263 g/mol. The molecule has 1 aromatic carbocycles. The quantitative estimate of drug-likeness (QED) is 0.618. The maximum atomic E-state index is 13.4. The first-order chi connectivity index (χ1) is 7.65. The Morgan fingerprint density at radius 1 is 1.31 bits per heavy atom. The summed E-state index contributed by atoms with van der Waals surface area (Å²) in [5, 5.41) is 0.720. The molecule has 1 rings (SSSR count). The summed E-state index contributed by atoms with van der Waals surface area (Å²) in [7, 11) is 0. The Balaban J connectivity index is 2.43. The minimum atomic E-state index is -0.214. The lowest BCUT2D eigenvalue weighted by atomic mass is 10.0. The molecule has 0 amide bonds. The van der Waals surface area contributed by atoms with Crippen LogP contribution in [0.4, 0.5) is 4.39 Å². The maximum absolute atomic E-state index is 13.4. The Kier molecular flexibility index (Phi) is 6.15. The molecule has 0 N–H and O–H groups in total. The minimum Gasteiger partial charge on any atom is -0.207 e. The van der Waals surface area contributed by atoms with Gasteiger partial charge in [0.2, 0.25) is 0 Å². The fourth-order valence-corrected chi connectivity index (χ4v) is 2.36. The highest BCUT2D eigenvalue weighted by atomic mass is 35.5. The van der Waals surface area contributed by atoms with Gasteiger partial charge < -0.3 is 0 Å². The van der Waals surface area contributed by atoms with Gasteiger partial charge in [0.05, 0.1) is 0 Å². The summed E-state index contributed by atoms with van der Waals surface area (Å²) in [6.07, 6.45) is 4.58. The van der Waals surface area contributed by atoms with Crippen LogP contribution in [0.2, 0.25) is 5.02 Å². The Hall–Kier alpha value is -0.270. The smallest absolute Gasteiger partial charge is 0.127 e. The van der Waals surface area contributed by atoms with Gasteiger partial charge in [-0.3, -0.25) is 0 Å². The van der Waals surface area contributed by atoms with Crippen LogP contribution in [0, 0.1) is 5.82 Å². The van der Waals surface area contributed by atoms with E-state index in [4.69, 9.17) is 23.2 Å². The average Bonchev–Trinajstić information content (AvgIpc) is 2.23. The predicted molar refractivity (Wildman–Crippen MR) is 68.9 cm³/mol. The number of halogens is 3. The third-order valence-electron chi connectivity index (χ3n) is 2.61. The Morgan fingerprint density at radius 2 is 2.06 bits per heavy atom. The van der Waals surface area contributed by atoms with Gasteiger partial charge in [-0.1, -0.05) is 31.0 Å². The van der Waals surface area contributed by atoms with E-state index in [9.17, 15) is 4.39 Å². The van der Waals surface area contributed by atoms with Crippen LogP contribution in [0.25, 0.3) is 0 Å². The summed E-state index contributed by atoms with van der Waals surface area (Å²) in [6, 6.07) is 4.80. The van der Waals surface area contributed by atoms with Crippen LogP contribution in [0.15, 0.2) is 18.2 Å². The molecule has 0 aliphatic carbocycles.